The predicted octanol–water partition coefficient (Wildman–Crippen LogP) is 2.28. The Balaban J connectivity index is 1.67. The Hall–Kier alpha value is -0.830. The van der Waals surface area contributed by atoms with Gasteiger partial charge in [0, 0.05) is 19.3 Å². The topological polar surface area (TPSA) is 29.9 Å². The average molecular weight is 221 g/mol. The van der Waals surface area contributed by atoms with Crippen molar-refractivity contribution in [2.45, 2.75) is 51.0 Å². The maximum Gasteiger partial charge on any atom is 0.0522 e. The van der Waals surface area contributed by atoms with E-state index in [0.717, 1.165) is 19.0 Å². The summed E-state index contributed by atoms with van der Waals surface area (Å²) >= 11 is 0. The molecule has 0 amide bonds. The summed E-state index contributed by atoms with van der Waals surface area (Å²) in [6.45, 7) is 1.09. The zero-order valence-electron chi connectivity index (χ0n) is 10.3. The summed E-state index contributed by atoms with van der Waals surface area (Å²) in [5.41, 5.74) is 1.34. The molecule has 1 fully saturated rings. The van der Waals surface area contributed by atoms with Crippen LogP contribution >= 0.6 is 0 Å². The van der Waals surface area contributed by atoms with Crippen molar-refractivity contribution in [3.63, 3.8) is 0 Å². The molecule has 0 saturated heterocycles. The van der Waals surface area contributed by atoms with Crippen LogP contribution in [-0.4, -0.2) is 22.4 Å². The maximum absolute atomic E-state index is 4.19. The van der Waals surface area contributed by atoms with E-state index in [1.54, 1.807) is 0 Å². The molecule has 3 nitrogen and oxygen atoms in total. The Labute approximate surface area is 98.2 Å². The van der Waals surface area contributed by atoms with E-state index in [0.29, 0.717) is 0 Å². The first-order chi connectivity index (χ1) is 7.84. The van der Waals surface area contributed by atoms with E-state index in [1.165, 1.54) is 44.1 Å². The summed E-state index contributed by atoms with van der Waals surface area (Å²) in [5.74, 6) is 0. The molecule has 1 aliphatic rings. The number of hydrogen-bond acceptors (Lipinski definition) is 2. The molecule has 1 saturated carbocycles. The van der Waals surface area contributed by atoms with Crippen LogP contribution in [0.3, 0.4) is 0 Å². The largest absolute Gasteiger partial charge is 0.314 e. The second kappa shape index (κ2) is 6.04. The highest BCUT2D eigenvalue weighted by atomic mass is 15.2. The molecular weight excluding hydrogens is 198 g/mol. The minimum atomic E-state index is 0.763. The fraction of sp³-hybridized carbons (Fsp3) is 0.769. The molecule has 0 atom stereocenters. The van der Waals surface area contributed by atoms with Crippen molar-refractivity contribution in [1.29, 1.82) is 0 Å². The summed E-state index contributed by atoms with van der Waals surface area (Å²) in [6.07, 6.45) is 13.6. The lowest BCUT2D eigenvalue weighted by atomic mass is 10.1. The fourth-order valence-corrected chi connectivity index (χ4v) is 2.51. The van der Waals surface area contributed by atoms with E-state index < -0.39 is 0 Å². The molecule has 0 radical (unpaired) electrons. The first kappa shape index (κ1) is 11.6. The molecule has 1 aromatic rings. The van der Waals surface area contributed by atoms with Crippen molar-refractivity contribution in [3.8, 4) is 0 Å². The van der Waals surface area contributed by atoms with Crippen LogP contribution in [-0.2, 0) is 13.5 Å². The predicted molar refractivity (Wildman–Crippen MR) is 66.4 cm³/mol. The Morgan fingerprint density at radius 1 is 1.31 bits per heavy atom. The van der Waals surface area contributed by atoms with E-state index in [1.807, 2.05) is 17.9 Å². The second-order valence-electron chi connectivity index (χ2n) is 4.91. The van der Waals surface area contributed by atoms with E-state index in [9.17, 15) is 0 Å². The molecule has 1 heterocycles. The fourth-order valence-electron chi connectivity index (χ4n) is 2.51. The summed E-state index contributed by atoms with van der Waals surface area (Å²) < 4.78 is 1.88. The number of nitrogens with one attached hydrogen (secondary N) is 1. The monoisotopic (exact) mass is 221 g/mol. The minimum Gasteiger partial charge on any atom is -0.314 e. The summed E-state index contributed by atoms with van der Waals surface area (Å²) in [7, 11) is 1.97. The van der Waals surface area contributed by atoms with E-state index in [4.69, 9.17) is 0 Å². The number of aryl methyl sites for hydroxylation is 1. The molecule has 90 valence electrons. The van der Waals surface area contributed by atoms with Crippen LogP contribution in [0, 0.1) is 0 Å². The van der Waals surface area contributed by atoms with Crippen molar-refractivity contribution in [2.75, 3.05) is 6.54 Å². The van der Waals surface area contributed by atoms with Crippen molar-refractivity contribution in [3.05, 3.63) is 18.0 Å². The van der Waals surface area contributed by atoms with Crippen LogP contribution in [0.15, 0.2) is 12.4 Å². The quantitative estimate of drug-likeness (QED) is 0.790. The van der Waals surface area contributed by atoms with Crippen LogP contribution in [0.25, 0.3) is 0 Å². The molecule has 3 heteroatoms. The third-order valence-corrected chi connectivity index (χ3v) is 3.46. The van der Waals surface area contributed by atoms with Gasteiger partial charge in [-0.15, -0.1) is 0 Å². The normalized spacial score (nSPS) is 18.6. The molecular formula is C13H23N3. The first-order valence-electron chi connectivity index (χ1n) is 6.55. The molecule has 1 aromatic heterocycles. The molecule has 1 N–H and O–H groups in total. The van der Waals surface area contributed by atoms with Crippen molar-refractivity contribution >= 4 is 0 Å². The third-order valence-electron chi connectivity index (χ3n) is 3.46. The van der Waals surface area contributed by atoms with Gasteiger partial charge in [-0.1, -0.05) is 25.7 Å². The Bertz CT molecular complexity index is 298. The van der Waals surface area contributed by atoms with Crippen LogP contribution in [0.2, 0.25) is 0 Å². The third kappa shape index (κ3) is 3.63. The molecule has 1 aliphatic carbocycles. The summed E-state index contributed by atoms with van der Waals surface area (Å²) in [4.78, 5) is 0. The minimum absolute atomic E-state index is 0.763. The summed E-state index contributed by atoms with van der Waals surface area (Å²) in [6, 6.07) is 0.763. The highest BCUT2D eigenvalue weighted by Gasteiger charge is 2.10. The van der Waals surface area contributed by atoms with E-state index in [2.05, 4.69) is 16.6 Å². The summed E-state index contributed by atoms with van der Waals surface area (Å²) in [5, 5.41) is 7.87. The first-order valence-corrected chi connectivity index (χ1v) is 6.55. The van der Waals surface area contributed by atoms with Gasteiger partial charge in [-0.3, -0.25) is 4.68 Å². The lowest BCUT2D eigenvalue weighted by molar-refractivity contribution is 0.463. The Morgan fingerprint density at radius 3 is 2.69 bits per heavy atom. The SMILES string of the molecule is Cn1cc(CCNC2CCCCCC2)cn1. The number of aromatic nitrogens is 2. The van der Waals surface area contributed by atoms with Crippen LogP contribution < -0.4 is 5.32 Å². The lowest BCUT2D eigenvalue weighted by Gasteiger charge is -2.15. The van der Waals surface area contributed by atoms with Crippen molar-refractivity contribution in [1.82, 2.24) is 15.1 Å². The average Bonchev–Trinajstić information content (AvgIpc) is 2.54. The van der Waals surface area contributed by atoms with Gasteiger partial charge in [0.05, 0.1) is 6.20 Å². The van der Waals surface area contributed by atoms with Crippen molar-refractivity contribution < 1.29 is 0 Å². The van der Waals surface area contributed by atoms with Gasteiger partial charge in [-0.25, -0.2) is 0 Å². The van der Waals surface area contributed by atoms with Crippen molar-refractivity contribution in [2.24, 2.45) is 7.05 Å². The molecule has 0 spiro atoms. The number of rotatable bonds is 4. The van der Waals surface area contributed by atoms with Gasteiger partial charge in [0.1, 0.15) is 0 Å². The molecule has 0 bridgehead atoms. The maximum atomic E-state index is 4.19. The molecule has 16 heavy (non-hydrogen) atoms. The van der Waals surface area contributed by atoms with Gasteiger partial charge >= 0.3 is 0 Å². The van der Waals surface area contributed by atoms with Gasteiger partial charge in [0.25, 0.3) is 0 Å². The zero-order chi connectivity index (χ0) is 11.2. The Morgan fingerprint density at radius 2 is 2.06 bits per heavy atom. The molecule has 2 rings (SSSR count). The van der Waals surface area contributed by atoms with E-state index in [-0.39, 0.29) is 0 Å². The molecule has 0 aliphatic heterocycles. The molecule has 0 unspecified atom stereocenters. The number of nitrogens with zero attached hydrogens (tertiary/aromatic N) is 2. The Kier molecular flexibility index (Phi) is 4.40. The van der Waals surface area contributed by atoms with Crippen LogP contribution in [0.1, 0.15) is 44.1 Å². The molecule has 0 aromatic carbocycles. The van der Waals surface area contributed by atoms with Gasteiger partial charge in [-0.2, -0.15) is 5.10 Å². The van der Waals surface area contributed by atoms with Gasteiger partial charge in [-0.05, 0) is 31.4 Å². The van der Waals surface area contributed by atoms with Gasteiger partial charge in [0.2, 0.25) is 0 Å². The smallest absolute Gasteiger partial charge is 0.0522 e. The van der Waals surface area contributed by atoms with Gasteiger partial charge in [0.15, 0.2) is 0 Å². The second-order valence-corrected chi connectivity index (χ2v) is 4.91. The van der Waals surface area contributed by atoms with E-state index >= 15 is 0 Å². The highest BCUT2D eigenvalue weighted by Crippen LogP contribution is 2.17. The standard InChI is InChI=1S/C13H23N3/c1-16-11-12(10-15-16)8-9-14-13-6-4-2-3-5-7-13/h10-11,13-14H,2-9H2,1H3. The lowest BCUT2D eigenvalue weighted by Crippen LogP contribution is -2.30. The van der Waals surface area contributed by atoms with Gasteiger partial charge < -0.3 is 5.32 Å². The van der Waals surface area contributed by atoms with Crippen LogP contribution in [0.4, 0.5) is 0 Å². The highest BCUT2D eigenvalue weighted by molar-refractivity contribution is 5.03. The zero-order valence-corrected chi connectivity index (χ0v) is 10.3. The van der Waals surface area contributed by atoms with Crippen LogP contribution in [0.5, 0.6) is 0 Å². The number of hydrogen-bond donors (Lipinski definition) is 1.